The quantitative estimate of drug-likeness (QED) is 0.506. The molecule has 1 fully saturated rings. The fourth-order valence-electron chi connectivity index (χ4n) is 2.29. The predicted molar refractivity (Wildman–Crippen MR) is 87.8 cm³/mol. The summed E-state index contributed by atoms with van der Waals surface area (Å²) >= 11 is 0. The van der Waals surface area contributed by atoms with Crippen molar-refractivity contribution < 1.29 is 9.47 Å². The summed E-state index contributed by atoms with van der Waals surface area (Å²) < 4.78 is 11.2. The van der Waals surface area contributed by atoms with Crippen LogP contribution in [-0.2, 0) is 9.47 Å². The van der Waals surface area contributed by atoms with Gasteiger partial charge in [0.15, 0.2) is 5.96 Å². The Labute approximate surface area is 129 Å². The van der Waals surface area contributed by atoms with Crippen LogP contribution in [0.5, 0.6) is 0 Å². The zero-order chi connectivity index (χ0) is 15.5. The summed E-state index contributed by atoms with van der Waals surface area (Å²) in [5.74, 6) is 1.56. The zero-order valence-corrected chi connectivity index (χ0v) is 14.2. The van der Waals surface area contributed by atoms with E-state index in [2.05, 4.69) is 43.3 Å². The van der Waals surface area contributed by atoms with Crippen LogP contribution in [0, 0.1) is 5.92 Å². The molecule has 2 N–H and O–H groups in total. The van der Waals surface area contributed by atoms with E-state index in [0.29, 0.717) is 12.5 Å². The average molecular weight is 299 g/mol. The maximum atomic E-state index is 5.84. The minimum absolute atomic E-state index is 0.241. The van der Waals surface area contributed by atoms with Crippen molar-refractivity contribution in [3.05, 3.63) is 0 Å². The topological polar surface area (TPSA) is 54.9 Å². The van der Waals surface area contributed by atoms with Crippen molar-refractivity contribution in [3.8, 4) is 0 Å². The van der Waals surface area contributed by atoms with Gasteiger partial charge in [-0.1, -0.05) is 26.7 Å². The van der Waals surface area contributed by atoms with E-state index in [1.165, 1.54) is 12.8 Å². The summed E-state index contributed by atoms with van der Waals surface area (Å²) in [5, 5.41) is 6.72. The summed E-state index contributed by atoms with van der Waals surface area (Å²) in [6.45, 7) is 12.7. The highest BCUT2D eigenvalue weighted by molar-refractivity contribution is 5.80. The smallest absolute Gasteiger partial charge is 0.191 e. The van der Waals surface area contributed by atoms with Crippen molar-refractivity contribution in [2.45, 2.75) is 59.1 Å². The Morgan fingerprint density at radius 1 is 1.33 bits per heavy atom. The number of nitrogens with zero attached hydrogens (tertiary/aromatic N) is 1. The van der Waals surface area contributed by atoms with Crippen LogP contribution >= 0.6 is 0 Å². The first-order chi connectivity index (χ1) is 10.2. The van der Waals surface area contributed by atoms with Gasteiger partial charge < -0.3 is 20.1 Å². The van der Waals surface area contributed by atoms with Crippen molar-refractivity contribution in [3.63, 3.8) is 0 Å². The van der Waals surface area contributed by atoms with Gasteiger partial charge in [0.1, 0.15) is 0 Å². The average Bonchev–Trinajstić information content (AvgIpc) is 2.99. The molecule has 0 aliphatic carbocycles. The lowest BCUT2D eigenvalue weighted by molar-refractivity contribution is 0.0347. The Kier molecular flexibility index (Phi) is 9.42. The molecule has 0 bridgehead atoms. The summed E-state index contributed by atoms with van der Waals surface area (Å²) in [5.41, 5.74) is 0. The van der Waals surface area contributed by atoms with Gasteiger partial charge in [-0.25, -0.2) is 0 Å². The molecule has 0 aromatic carbocycles. The summed E-state index contributed by atoms with van der Waals surface area (Å²) in [6.07, 6.45) is 3.63. The molecule has 1 saturated heterocycles. The Hall–Kier alpha value is -0.810. The Morgan fingerprint density at radius 2 is 2.10 bits per heavy atom. The minimum atomic E-state index is 0.241. The maximum Gasteiger partial charge on any atom is 0.191 e. The second-order valence-corrected chi connectivity index (χ2v) is 5.77. The molecule has 0 amide bonds. The molecule has 1 rings (SSSR count). The molecule has 1 heterocycles. The highest BCUT2D eigenvalue weighted by Crippen LogP contribution is 2.09. The Bertz CT molecular complexity index is 287. The lowest BCUT2D eigenvalue weighted by Crippen LogP contribution is -2.44. The molecular formula is C16H33N3O2. The fourth-order valence-corrected chi connectivity index (χ4v) is 2.29. The number of rotatable bonds is 9. The monoisotopic (exact) mass is 299 g/mol. The van der Waals surface area contributed by atoms with Gasteiger partial charge in [0.25, 0.3) is 0 Å². The van der Waals surface area contributed by atoms with Crippen LogP contribution in [0.25, 0.3) is 0 Å². The van der Waals surface area contributed by atoms with Crippen molar-refractivity contribution in [2.24, 2.45) is 10.9 Å². The van der Waals surface area contributed by atoms with Crippen molar-refractivity contribution >= 4 is 5.96 Å². The van der Waals surface area contributed by atoms with Crippen molar-refractivity contribution in [2.75, 3.05) is 32.9 Å². The summed E-state index contributed by atoms with van der Waals surface area (Å²) in [6, 6.07) is 0.241. The molecule has 0 saturated carbocycles. The van der Waals surface area contributed by atoms with Crippen LogP contribution in [0.15, 0.2) is 4.99 Å². The van der Waals surface area contributed by atoms with Gasteiger partial charge in [-0.3, -0.25) is 4.99 Å². The molecule has 5 nitrogen and oxygen atoms in total. The number of hydrogen-bond acceptors (Lipinski definition) is 3. The molecule has 0 spiro atoms. The number of nitrogens with one attached hydrogen (secondary N) is 2. The van der Waals surface area contributed by atoms with E-state index in [4.69, 9.17) is 9.47 Å². The van der Waals surface area contributed by atoms with E-state index in [9.17, 15) is 0 Å². The summed E-state index contributed by atoms with van der Waals surface area (Å²) in [4.78, 5) is 4.69. The van der Waals surface area contributed by atoms with E-state index in [1.54, 1.807) is 0 Å². The van der Waals surface area contributed by atoms with Gasteiger partial charge in [-0.2, -0.15) is 0 Å². The van der Waals surface area contributed by atoms with E-state index in [1.807, 2.05) is 0 Å². The van der Waals surface area contributed by atoms with Gasteiger partial charge in [0.05, 0.1) is 19.3 Å². The zero-order valence-electron chi connectivity index (χ0n) is 14.2. The van der Waals surface area contributed by atoms with E-state index in [-0.39, 0.29) is 12.1 Å². The number of ether oxygens (including phenoxy) is 2. The first kappa shape index (κ1) is 18.2. The molecule has 0 radical (unpaired) electrons. The molecule has 2 atom stereocenters. The molecule has 5 heteroatoms. The predicted octanol–water partition coefficient (Wildman–Crippen LogP) is 2.17. The first-order valence-corrected chi connectivity index (χ1v) is 8.43. The molecule has 0 aromatic rings. The van der Waals surface area contributed by atoms with Crippen LogP contribution in [0.3, 0.4) is 0 Å². The molecule has 1 aliphatic heterocycles. The molecule has 21 heavy (non-hydrogen) atoms. The molecule has 0 aromatic heterocycles. The number of hydrogen-bond donors (Lipinski definition) is 2. The van der Waals surface area contributed by atoms with Gasteiger partial charge in [0, 0.05) is 25.7 Å². The van der Waals surface area contributed by atoms with E-state index in [0.717, 1.165) is 38.7 Å². The minimum Gasteiger partial charge on any atom is -0.379 e. The first-order valence-electron chi connectivity index (χ1n) is 8.43. The highest BCUT2D eigenvalue weighted by Gasteiger charge is 2.17. The molecular weight excluding hydrogens is 266 g/mol. The SMILES string of the molecule is CCNC(=NCC(CC)CC)NC(C)COC1CCOC1. The second kappa shape index (κ2) is 10.9. The van der Waals surface area contributed by atoms with E-state index >= 15 is 0 Å². The lowest BCUT2D eigenvalue weighted by atomic mass is 10.0. The third-order valence-corrected chi connectivity index (χ3v) is 3.86. The van der Waals surface area contributed by atoms with Gasteiger partial charge in [-0.15, -0.1) is 0 Å². The van der Waals surface area contributed by atoms with Crippen LogP contribution in [-0.4, -0.2) is 51.0 Å². The van der Waals surface area contributed by atoms with E-state index < -0.39 is 0 Å². The molecule has 124 valence electrons. The summed E-state index contributed by atoms with van der Waals surface area (Å²) in [7, 11) is 0. The standard InChI is InChI=1S/C16H33N3O2/c1-5-14(6-2)10-18-16(17-7-3)19-13(4)11-21-15-8-9-20-12-15/h13-15H,5-12H2,1-4H3,(H2,17,18,19). The third kappa shape index (κ3) is 7.67. The fraction of sp³-hybridized carbons (Fsp3) is 0.938. The van der Waals surface area contributed by atoms with Gasteiger partial charge >= 0.3 is 0 Å². The van der Waals surface area contributed by atoms with Crippen LogP contribution in [0.2, 0.25) is 0 Å². The van der Waals surface area contributed by atoms with Crippen molar-refractivity contribution in [1.29, 1.82) is 0 Å². The number of aliphatic imine (C=N–C) groups is 1. The van der Waals surface area contributed by atoms with Crippen LogP contribution in [0.1, 0.15) is 47.0 Å². The normalized spacial score (nSPS) is 20.8. The lowest BCUT2D eigenvalue weighted by Gasteiger charge is -2.20. The van der Waals surface area contributed by atoms with Gasteiger partial charge in [0.2, 0.25) is 0 Å². The Morgan fingerprint density at radius 3 is 2.67 bits per heavy atom. The Balaban J connectivity index is 2.34. The van der Waals surface area contributed by atoms with Crippen LogP contribution in [0.4, 0.5) is 0 Å². The molecule has 1 aliphatic rings. The highest BCUT2D eigenvalue weighted by atomic mass is 16.5. The van der Waals surface area contributed by atoms with Crippen LogP contribution < -0.4 is 10.6 Å². The third-order valence-electron chi connectivity index (χ3n) is 3.86. The second-order valence-electron chi connectivity index (χ2n) is 5.77. The van der Waals surface area contributed by atoms with Gasteiger partial charge in [-0.05, 0) is 26.2 Å². The van der Waals surface area contributed by atoms with Crippen molar-refractivity contribution in [1.82, 2.24) is 10.6 Å². The number of guanidine groups is 1. The molecule has 2 unspecified atom stereocenters. The maximum absolute atomic E-state index is 5.84. The largest absolute Gasteiger partial charge is 0.379 e.